The lowest BCUT2D eigenvalue weighted by atomic mass is 9.93. The molecule has 22 heavy (non-hydrogen) atoms. The number of aliphatic hydroxyl groups excluding tert-OH is 1. The van der Waals surface area contributed by atoms with Gasteiger partial charge in [0.15, 0.2) is 0 Å². The third-order valence-electron chi connectivity index (χ3n) is 3.95. The van der Waals surface area contributed by atoms with Crippen molar-refractivity contribution >= 4 is 10.8 Å². The molecule has 2 aromatic carbocycles. The van der Waals surface area contributed by atoms with E-state index in [1.165, 1.54) is 5.56 Å². The van der Waals surface area contributed by atoms with Gasteiger partial charge >= 0.3 is 0 Å². The number of hydrogen-bond donors (Lipinski definition) is 2. The molecule has 2 rings (SSSR count). The smallest absolute Gasteiger partial charge is 0.0590 e. The average Bonchev–Trinajstić information content (AvgIpc) is 2.56. The van der Waals surface area contributed by atoms with E-state index in [1.54, 1.807) is 6.26 Å². The molecule has 0 amide bonds. The molecule has 0 saturated carbocycles. The summed E-state index contributed by atoms with van der Waals surface area (Å²) >= 11 is 0. The molecule has 0 heterocycles. The Hall–Kier alpha value is -1.49. The monoisotopic (exact) mass is 317 g/mol. The molecule has 2 N–H and O–H groups in total. The number of nitrogens with one attached hydrogen (secondary N) is 1. The van der Waals surface area contributed by atoms with Crippen molar-refractivity contribution in [3.05, 3.63) is 65.7 Å². The SMILES string of the molecule is CC(c1ccccc1)C(CO)NCc1ccc(S(C)=O)cc1. The van der Waals surface area contributed by atoms with Gasteiger partial charge in [-0.3, -0.25) is 4.21 Å². The fourth-order valence-corrected chi connectivity index (χ4v) is 2.96. The van der Waals surface area contributed by atoms with Gasteiger partial charge in [-0.15, -0.1) is 0 Å². The summed E-state index contributed by atoms with van der Waals surface area (Å²) in [7, 11) is -0.944. The maximum atomic E-state index is 11.4. The highest BCUT2D eigenvalue weighted by Gasteiger charge is 2.17. The molecule has 0 aromatic heterocycles. The van der Waals surface area contributed by atoms with Gasteiger partial charge in [0.25, 0.3) is 0 Å². The second kappa shape index (κ2) is 8.22. The molecule has 0 fully saturated rings. The van der Waals surface area contributed by atoms with E-state index in [4.69, 9.17) is 0 Å². The summed E-state index contributed by atoms with van der Waals surface area (Å²) in [5, 5.41) is 13.1. The molecule has 0 saturated heterocycles. The van der Waals surface area contributed by atoms with E-state index in [0.29, 0.717) is 6.54 Å². The predicted octanol–water partition coefficient (Wildman–Crippen LogP) is 2.68. The standard InChI is InChI=1S/C18H23NO2S/c1-14(16-6-4-3-5-7-16)18(13-20)19-12-15-8-10-17(11-9-15)22(2)21/h3-11,14,18-20H,12-13H2,1-2H3. The normalized spacial score (nSPS) is 15.2. The molecule has 3 nitrogen and oxygen atoms in total. The van der Waals surface area contributed by atoms with Gasteiger partial charge in [-0.2, -0.15) is 0 Å². The average molecular weight is 317 g/mol. The zero-order valence-corrected chi connectivity index (χ0v) is 13.8. The van der Waals surface area contributed by atoms with E-state index in [1.807, 2.05) is 42.5 Å². The molecule has 0 radical (unpaired) electrons. The van der Waals surface area contributed by atoms with Crippen molar-refractivity contribution in [1.82, 2.24) is 5.32 Å². The fourth-order valence-electron chi connectivity index (χ4n) is 2.44. The van der Waals surface area contributed by atoms with Crippen LogP contribution in [-0.2, 0) is 17.3 Å². The van der Waals surface area contributed by atoms with Gasteiger partial charge in [0.05, 0.1) is 6.61 Å². The topological polar surface area (TPSA) is 49.3 Å². The van der Waals surface area contributed by atoms with Crippen LogP contribution in [0.3, 0.4) is 0 Å². The highest BCUT2D eigenvalue weighted by atomic mass is 32.2. The van der Waals surface area contributed by atoms with Gasteiger partial charge in [0, 0.05) is 34.5 Å². The fraction of sp³-hybridized carbons (Fsp3) is 0.333. The summed E-state index contributed by atoms with van der Waals surface area (Å²) in [4.78, 5) is 0.833. The van der Waals surface area contributed by atoms with Crippen molar-refractivity contribution in [2.45, 2.75) is 30.3 Å². The zero-order valence-electron chi connectivity index (χ0n) is 13.0. The van der Waals surface area contributed by atoms with Gasteiger partial charge in [-0.05, 0) is 29.2 Å². The minimum atomic E-state index is -0.944. The third-order valence-corrected chi connectivity index (χ3v) is 4.89. The Kier molecular flexibility index (Phi) is 6.31. The van der Waals surface area contributed by atoms with Gasteiger partial charge in [-0.1, -0.05) is 49.4 Å². The maximum Gasteiger partial charge on any atom is 0.0590 e. The van der Waals surface area contributed by atoms with E-state index < -0.39 is 10.8 Å². The Balaban J connectivity index is 1.97. The first-order valence-electron chi connectivity index (χ1n) is 7.43. The van der Waals surface area contributed by atoms with Crippen molar-refractivity contribution < 1.29 is 9.32 Å². The first-order valence-corrected chi connectivity index (χ1v) is 8.99. The summed E-state index contributed by atoms with van der Waals surface area (Å²) in [6.07, 6.45) is 1.68. The predicted molar refractivity (Wildman–Crippen MR) is 91.3 cm³/mol. The number of hydrogen-bond acceptors (Lipinski definition) is 3. The molecule has 0 bridgehead atoms. The van der Waals surface area contributed by atoms with Gasteiger partial charge in [0.2, 0.25) is 0 Å². The lowest BCUT2D eigenvalue weighted by Crippen LogP contribution is -2.36. The molecule has 0 aliphatic rings. The van der Waals surface area contributed by atoms with Crippen LogP contribution in [-0.4, -0.2) is 28.2 Å². The molecule has 0 aliphatic carbocycles. The van der Waals surface area contributed by atoms with Gasteiger partial charge in [-0.25, -0.2) is 0 Å². The van der Waals surface area contributed by atoms with Crippen LogP contribution in [0.1, 0.15) is 24.0 Å². The Labute approximate surface area is 134 Å². The highest BCUT2D eigenvalue weighted by Crippen LogP contribution is 2.19. The van der Waals surface area contributed by atoms with Crippen LogP contribution in [0.15, 0.2) is 59.5 Å². The quantitative estimate of drug-likeness (QED) is 0.825. The third kappa shape index (κ3) is 4.50. The first kappa shape index (κ1) is 16.9. The van der Waals surface area contributed by atoms with E-state index in [9.17, 15) is 9.32 Å². The second-order valence-electron chi connectivity index (χ2n) is 5.47. The van der Waals surface area contributed by atoms with Gasteiger partial charge < -0.3 is 10.4 Å². The molecule has 118 valence electrons. The summed E-state index contributed by atoms with van der Waals surface area (Å²) in [5.74, 6) is 0.230. The zero-order chi connectivity index (χ0) is 15.9. The summed E-state index contributed by atoms with van der Waals surface area (Å²) in [5.41, 5.74) is 2.33. The van der Waals surface area contributed by atoms with Crippen molar-refractivity contribution in [3.63, 3.8) is 0 Å². The lowest BCUT2D eigenvalue weighted by Gasteiger charge is -2.24. The van der Waals surface area contributed by atoms with E-state index in [0.717, 1.165) is 10.5 Å². The molecule has 0 spiro atoms. The summed E-state index contributed by atoms with van der Waals surface area (Å²) in [6, 6.07) is 17.9. The molecular weight excluding hydrogens is 294 g/mol. The molecule has 4 heteroatoms. The van der Waals surface area contributed by atoms with Crippen LogP contribution in [0.5, 0.6) is 0 Å². The Bertz CT molecular complexity index is 598. The van der Waals surface area contributed by atoms with Crippen LogP contribution in [0.2, 0.25) is 0 Å². The van der Waals surface area contributed by atoms with Crippen LogP contribution in [0.4, 0.5) is 0 Å². The molecular formula is C18H23NO2S. The number of benzene rings is 2. The van der Waals surface area contributed by atoms with Crippen molar-refractivity contribution in [1.29, 1.82) is 0 Å². The highest BCUT2D eigenvalue weighted by molar-refractivity contribution is 7.84. The van der Waals surface area contributed by atoms with E-state index in [2.05, 4.69) is 24.4 Å². The Morgan fingerprint density at radius 1 is 1.09 bits per heavy atom. The lowest BCUT2D eigenvalue weighted by molar-refractivity contribution is 0.225. The minimum absolute atomic E-state index is 0.00221. The van der Waals surface area contributed by atoms with Crippen molar-refractivity contribution in [3.8, 4) is 0 Å². The van der Waals surface area contributed by atoms with E-state index in [-0.39, 0.29) is 18.6 Å². The van der Waals surface area contributed by atoms with Crippen LogP contribution < -0.4 is 5.32 Å². The summed E-state index contributed by atoms with van der Waals surface area (Å²) < 4.78 is 11.4. The minimum Gasteiger partial charge on any atom is -0.395 e. The molecule has 3 atom stereocenters. The molecule has 3 unspecified atom stereocenters. The Morgan fingerprint density at radius 3 is 2.27 bits per heavy atom. The van der Waals surface area contributed by atoms with Crippen LogP contribution in [0.25, 0.3) is 0 Å². The maximum absolute atomic E-state index is 11.4. The largest absolute Gasteiger partial charge is 0.395 e. The number of aliphatic hydroxyl groups is 1. The van der Waals surface area contributed by atoms with Crippen LogP contribution in [0, 0.1) is 0 Å². The van der Waals surface area contributed by atoms with Crippen molar-refractivity contribution in [2.75, 3.05) is 12.9 Å². The Morgan fingerprint density at radius 2 is 1.73 bits per heavy atom. The van der Waals surface area contributed by atoms with Crippen LogP contribution >= 0.6 is 0 Å². The van der Waals surface area contributed by atoms with Gasteiger partial charge in [0.1, 0.15) is 0 Å². The molecule has 0 aliphatic heterocycles. The van der Waals surface area contributed by atoms with E-state index >= 15 is 0 Å². The summed E-state index contributed by atoms with van der Waals surface area (Å²) in [6.45, 7) is 2.89. The number of rotatable bonds is 7. The first-order chi connectivity index (χ1) is 10.6. The molecule has 2 aromatic rings. The second-order valence-corrected chi connectivity index (χ2v) is 6.85. The van der Waals surface area contributed by atoms with Crippen molar-refractivity contribution in [2.24, 2.45) is 0 Å².